The number of nitrogens with two attached hydrogens (primary N) is 1. The molecule has 0 spiro atoms. The van der Waals surface area contributed by atoms with E-state index in [2.05, 4.69) is 28.2 Å². The zero-order chi connectivity index (χ0) is 12.5. The van der Waals surface area contributed by atoms with Gasteiger partial charge in [0.15, 0.2) is 0 Å². The van der Waals surface area contributed by atoms with Crippen molar-refractivity contribution in [3.63, 3.8) is 0 Å². The minimum atomic E-state index is 0.230. The van der Waals surface area contributed by atoms with Gasteiger partial charge in [0.25, 0.3) is 0 Å². The molecule has 2 N–H and O–H groups in total. The lowest BCUT2D eigenvalue weighted by molar-refractivity contribution is 0.911. The Morgan fingerprint density at radius 1 is 1.22 bits per heavy atom. The lowest BCUT2D eigenvalue weighted by atomic mass is 10.1. The van der Waals surface area contributed by atoms with Crippen molar-refractivity contribution >= 4 is 29.1 Å². The molecular formula is C13H12ClN3S. The van der Waals surface area contributed by atoms with Crippen molar-refractivity contribution in [3.05, 3.63) is 40.8 Å². The minimum Gasteiger partial charge on any atom is -0.395 e. The first-order chi connectivity index (χ1) is 8.72. The zero-order valence-electron chi connectivity index (χ0n) is 9.69. The van der Waals surface area contributed by atoms with E-state index >= 15 is 0 Å². The summed E-state index contributed by atoms with van der Waals surface area (Å²) in [6.07, 6.45) is 5.17. The van der Waals surface area contributed by atoms with Crippen LogP contribution in [0.15, 0.2) is 34.3 Å². The van der Waals surface area contributed by atoms with Gasteiger partial charge in [-0.2, -0.15) is 0 Å². The summed E-state index contributed by atoms with van der Waals surface area (Å²) in [6.45, 7) is 0. The second kappa shape index (κ2) is 4.78. The van der Waals surface area contributed by atoms with Gasteiger partial charge >= 0.3 is 0 Å². The van der Waals surface area contributed by atoms with Crippen molar-refractivity contribution in [1.29, 1.82) is 0 Å². The van der Waals surface area contributed by atoms with E-state index in [1.54, 1.807) is 6.20 Å². The number of anilines is 1. The second-order valence-electron chi connectivity index (χ2n) is 4.29. The molecule has 0 saturated heterocycles. The first-order valence-corrected chi connectivity index (χ1v) is 6.99. The minimum absolute atomic E-state index is 0.230. The number of hydrogen-bond donors (Lipinski definition) is 1. The summed E-state index contributed by atoms with van der Waals surface area (Å²) in [4.78, 5) is 9.16. The van der Waals surface area contributed by atoms with Crippen LogP contribution in [0.25, 0.3) is 0 Å². The molecule has 0 saturated carbocycles. The summed E-state index contributed by atoms with van der Waals surface area (Å²) in [6, 6.07) is 6.54. The number of halogens is 1. The van der Waals surface area contributed by atoms with E-state index in [9.17, 15) is 0 Å². The molecule has 5 heteroatoms. The normalized spacial score (nSPS) is 13.6. The van der Waals surface area contributed by atoms with Gasteiger partial charge in [0.05, 0.1) is 11.9 Å². The predicted molar refractivity (Wildman–Crippen MR) is 74.0 cm³/mol. The highest BCUT2D eigenvalue weighted by atomic mass is 35.5. The Balaban J connectivity index is 1.90. The van der Waals surface area contributed by atoms with Crippen molar-refractivity contribution in [2.45, 2.75) is 29.2 Å². The average molecular weight is 278 g/mol. The molecule has 92 valence electrons. The summed E-state index contributed by atoms with van der Waals surface area (Å²) in [5, 5.41) is 0.945. The van der Waals surface area contributed by atoms with Gasteiger partial charge in [0.2, 0.25) is 5.28 Å². The average Bonchev–Trinajstić information content (AvgIpc) is 2.81. The standard InChI is InChI=1S/C13H12ClN3S/c14-13-16-7-11(15)12(17-13)18-10-5-4-8-2-1-3-9(8)6-10/h4-7H,1-3,15H2. The summed E-state index contributed by atoms with van der Waals surface area (Å²) in [7, 11) is 0. The molecule has 2 aromatic rings. The van der Waals surface area contributed by atoms with Crippen LogP contribution in [0, 0.1) is 0 Å². The molecule has 0 unspecified atom stereocenters. The van der Waals surface area contributed by atoms with Crippen LogP contribution < -0.4 is 5.73 Å². The molecule has 1 aromatic carbocycles. The Bertz CT molecular complexity index is 601. The van der Waals surface area contributed by atoms with Crippen LogP contribution in [0.3, 0.4) is 0 Å². The quantitative estimate of drug-likeness (QED) is 0.676. The van der Waals surface area contributed by atoms with Gasteiger partial charge in [0.1, 0.15) is 5.03 Å². The fraction of sp³-hybridized carbons (Fsp3) is 0.231. The van der Waals surface area contributed by atoms with Crippen LogP contribution in [0.1, 0.15) is 17.5 Å². The van der Waals surface area contributed by atoms with Gasteiger partial charge in [-0.3, -0.25) is 0 Å². The van der Waals surface area contributed by atoms with Crippen LogP contribution in [0.2, 0.25) is 5.28 Å². The molecule has 0 fully saturated rings. The van der Waals surface area contributed by atoms with Crippen molar-refractivity contribution in [2.24, 2.45) is 0 Å². The number of benzene rings is 1. The maximum atomic E-state index is 5.85. The van der Waals surface area contributed by atoms with Crippen LogP contribution >= 0.6 is 23.4 Å². The number of aromatic nitrogens is 2. The van der Waals surface area contributed by atoms with Crippen molar-refractivity contribution in [1.82, 2.24) is 9.97 Å². The van der Waals surface area contributed by atoms with Crippen molar-refractivity contribution in [2.75, 3.05) is 5.73 Å². The summed E-state index contributed by atoms with van der Waals surface area (Å²) in [5.41, 5.74) is 9.31. The number of nitrogens with zero attached hydrogens (tertiary/aromatic N) is 2. The maximum Gasteiger partial charge on any atom is 0.223 e. The lowest BCUT2D eigenvalue weighted by Crippen LogP contribution is -1.94. The monoisotopic (exact) mass is 277 g/mol. The van der Waals surface area contributed by atoms with E-state index < -0.39 is 0 Å². The van der Waals surface area contributed by atoms with Gasteiger partial charge in [0, 0.05) is 4.90 Å². The summed E-state index contributed by atoms with van der Waals surface area (Å²) >= 11 is 7.32. The fourth-order valence-corrected chi connectivity index (χ4v) is 3.21. The number of rotatable bonds is 2. The van der Waals surface area contributed by atoms with E-state index in [4.69, 9.17) is 17.3 Å². The Kier molecular flexibility index (Phi) is 3.14. The summed E-state index contributed by atoms with van der Waals surface area (Å²) in [5.74, 6) is 0. The second-order valence-corrected chi connectivity index (χ2v) is 5.69. The van der Waals surface area contributed by atoms with Gasteiger partial charge in [-0.15, -0.1) is 0 Å². The zero-order valence-corrected chi connectivity index (χ0v) is 11.3. The molecule has 0 amide bonds. The fourth-order valence-electron chi connectivity index (χ4n) is 2.16. The molecule has 0 bridgehead atoms. The van der Waals surface area contributed by atoms with Crippen LogP contribution in [0.4, 0.5) is 5.69 Å². The molecule has 0 radical (unpaired) electrons. The third-order valence-electron chi connectivity index (χ3n) is 3.04. The van der Waals surface area contributed by atoms with Gasteiger partial charge < -0.3 is 5.73 Å². The van der Waals surface area contributed by atoms with E-state index in [0.717, 1.165) is 4.90 Å². The number of hydrogen-bond acceptors (Lipinski definition) is 4. The van der Waals surface area contributed by atoms with E-state index in [0.29, 0.717) is 10.7 Å². The van der Waals surface area contributed by atoms with E-state index in [1.165, 1.54) is 42.2 Å². The molecule has 0 atom stereocenters. The molecular weight excluding hydrogens is 266 g/mol. The third-order valence-corrected chi connectivity index (χ3v) is 4.23. The molecule has 0 aliphatic heterocycles. The largest absolute Gasteiger partial charge is 0.395 e. The molecule has 3 nitrogen and oxygen atoms in total. The Morgan fingerprint density at radius 3 is 2.94 bits per heavy atom. The highest BCUT2D eigenvalue weighted by Crippen LogP contribution is 2.33. The van der Waals surface area contributed by atoms with E-state index in [1.807, 2.05) is 0 Å². The smallest absolute Gasteiger partial charge is 0.223 e. The topological polar surface area (TPSA) is 51.8 Å². The Hall–Kier alpha value is -1.26. The lowest BCUT2D eigenvalue weighted by Gasteiger charge is -2.06. The van der Waals surface area contributed by atoms with Crippen LogP contribution in [-0.2, 0) is 12.8 Å². The van der Waals surface area contributed by atoms with Crippen molar-refractivity contribution in [3.8, 4) is 0 Å². The first kappa shape index (κ1) is 11.8. The molecule has 1 aliphatic carbocycles. The molecule has 3 rings (SSSR count). The molecule has 1 heterocycles. The van der Waals surface area contributed by atoms with Crippen molar-refractivity contribution < 1.29 is 0 Å². The van der Waals surface area contributed by atoms with E-state index in [-0.39, 0.29) is 5.28 Å². The summed E-state index contributed by atoms with van der Waals surface area (Å²) < 4.78 is 0. The third kappa shape index (κ3) is 2.31. The highest BCUT2D eigenvalue weighted by Gasteiger charge is 2.12. The molecule has 1 aliphatic rings. The van der Waals surface area contributed by atoms with Crippen LogP contribution in [0.5, 0.6) is 0 Å². The number of fused-ring (bicyclic) bond motifs is 1. The Morgan fingerprint density at radius 2 is 2.06 bits per heavy atom. The Labute approximate surface area is 115 Å². The van der Waals surface area contributed by atoms with Gasteiger partial charge in [-0.05, 0) is 54.1 Å². The highest BCUT2D eigenvalue weighted by molar-refractivity contribution is 7.99. The number of aryl methyl sites for hydroxylation is 2. The van der Waals surface area contributed by atoms with Gasteiger partial charge in [-0.1, -0.05) is 17.8 Å². The predicted octanol–water partition coefficient (Wildman–Crippen LogP) is 3.35. The SMILES string of the molecule is Nc1cnc(Cl)nc1Sc1ccc2c(c1)CCC2. The first-order valence-electron chi connectivity index (χ1n) is 5.80. The molecule has 1 aromatic heterocycles. The number of nitrogen functional groups attached to an aromatic ring is 1. The van der Waals surface area contributed by atoms with Gasteiger partial charge in [-0.25, -0.2) is 9.97 Å². The molecule has 18 heavy (non-hydrogen) atoms. The van der Waals surface area contributed by atoms with Crippen LogP contribution in [-0.4, -0.2) is 9.97 Å². The maximum absolute atomic E-state index is 5.85.